The third-order valence-electron chi connectivity index (χ3n) is 4.31. The number of rotatable bonds is 9. The van der Waals surface area contributed by atoms with Crippen molar-refractivity contribution in [2.24, 2.45) is 0 Å². The Kier molecular flexibility index (Phi) is 7.29. The number of nitro groups is 1. The summed E-state index contributed by atoms with van der Waals surface area (Å²) >= 11 is 0. The van der Waals surface area contributed by atoms with Crippen LogP contribution in [0.2, 0.25) is 0 Å². The van der Waals surface area contributed by atoms with Crippen LogP contribution < -0.4 is 5.32 Å². The Morgan fingerprint density at radius 3 is 2.58 bits per heavy atom. The molecule has 2 rings (SSSR count). The minimum atomic E-state index is -0.364. The summed E-state index contributed by atoms with van der Waals surface area (Å²) in [7, 11) is 1.38. The molecule has 2 aromatic rings. The first-order chi connectivity index (χ1) is 12.5. The van der Waals surface area contributed by atoms with Crippen molar-refractivity contribution in [3.05, 3.63) is 75.3 Å². The van der Waals surface area contributed by atoms with Crippen LogP contribution in [0.4, 0.5) is 5.69 Å². The first kappa shape index (κ1) is 19.6. The molecule has 0 aliphatic carbocycles. The summed E-state index contributed by atoms with van der Waals surface area (Å²) in [6, 6.07) is 15.3. The number of methoxy groups -OCH3 is 1. The predicted molar refractivity (Wildman–Crippen MR) is 99.9 cm³/mol. The highest BCUT2D eigenvalue weighted by molar-refractivity contribution is 5.69. The first-order valence-corrected chi connectivity index (χ1v) is 8.57. The van der Waals surface area contributed by atoms with E-state index in [2.05, 4.69) is 5.32 Å². The van der Waals surface area contributed by atoms with E-state index in [1.54, 1.807) is 19.1 Å². The van der Waals surface area contributed by atoms with Crippen LogP contribution in [0.1, 0.15) is 29.5 Å². The lowest BCUT2D eigenvalue weighted by atomic mass is 10.0. The Morgan fingerprint density at radius 2 is 1.92 bits per heavy atom. The summed E-state index contributed by atoms with van der Waals surface area (Å²) < 4.78 is 4.73. The van der Waals surface area contributed by atoms with Crippen LogP contribution >= 0.6 is 0 Å². The molecule has 0 amide bonds. The average Bonchev–Trinajstić information content (AvgIpc) is 2.65. The van der Waals surface area contributed by atoms with Crippen molar-refractivity contribution in [3.63, 3.8) is 0 Å². The van der Waals surface area contributed by atoms with E-state index in [-0.39, 0.29) is 22.6 Å². The van der Waals surface area contributed by atoms with Gasteiger partial charge in [0.25, 0.3) is 5.69 Å². The summed E-state index contributed by atoms with van der Waals surface area (Å²) in [5.41, 5.74) is 2.78. The van der Waals surface area contributed by atoms with Crippen LogP contribution in [0.5, 0.6) is 0 Å². The number of carbonyl (C=O) groups is 1. The van der Waals surface area contributed by atoms with Gasteiger partial charge in [-0.15, -0.1) is 0 Å². The zero-order valence-corrected chi connectivity index (χ0v) is 15.1. The lowest BCUT2D eigenvalue weighted by molar-refractivity contribution is -0.385. The van der Waals surface area contributed by atoms with Gasteiger partial charge in [0.05, 0.1) is 12.0 Å². The lowest BCUT2D eigenvalue weighted by Gasteiger charge is -2.19. The zero-order valence-electron chi connectivity index (χ0n) is 15.1. The number of nitrogens with one attached hydrogen (secondary N) is 1. The van der Waals surface area contributed by atoms with E-state index in [0.717, 1.165) is 12.0 Å². The molecule has 0 fully saturated rings. The summed E-state index contributed by atoms with van der Waals surface area (Å²) in [6.07, 6.45) is 1.73. The SMILES string of the molecule is COC(=O)CCC(Cc1ccccc1)NCc1ccc(C)c([N+](=O)[O-])c1. The molecule has 0 spiro atoms. The number of esters is 1. The maximum atomic E-state index is 11.5. The Bertz CT molecular complexity index is 747. The van der Waals surface area contributed by atoms with E-state index >= 15 is 0 Å². The standard InChI is InChI=1S/C20H24N2O4/c1-15-8-9-17(13-19(15)22(24)25)14-21-18(10-11-20(23)26-2)12-16-6-4-3-5-7-16/h3-9,13,18,21H,10-12,14H2,1-2H3. The van der Waals surface area contributed by atoms with Gasteiger partial charge in [0.2, 0.25) is 0 Å². The molecule has 6 nitrogen and oxygen atoms in total. The molecular weight excluding hydrogens is 332 g/mol. The fraction of sp³-hybridized carbons (Fsp3) is 0.350. The molecule has 26 heavy (non-hydrogen) atoms. The number of aryl methyl sites for hydroxylation is 1. The van der Waals surface area contributed by atoms with Crippen molar-refractivity contribution in [1.82, 2.24) is 5.32 Å². The Hall–Kier alpha value is -2.73. The van der Waals surface area contributed by atoms with Crippen molar-refractivity contribution in [2.45, 2.75) is 38.8 Å². The average molecular weight is 356 g/mol. The van der Waals surface area contributed by atoms with Crippen LogP contribution in [0.15, 0.2) is 48.5 Å². The maximum Gasteiger partial charge on any atom is 0.305 e. The molecule has 0 aromatic heterocycles. The molecule has 6 heteroatoms. The van der Waals surface area contributed by atoms with E-state index in [9.17, 15) is 14.9 Å². The van der Waals surface area contributed by atoms with Gasteiger partial charge in [-0.25, -0.2) is 0 Å². The molecule has 0 aliphatic heterocycles. The van der Waals surface area contributed by atoms with Crippen LogP contribution in [-0.2, 0) is 22.5 Å². The van der Waals surface area contributed by atoms with Gasteiger partial charge in [0.1, 0.15) is 0 Å². The summed E-state index contributed by atoms with van der Waals surface area (Å²) in [4.78, 5) is 22.2. The largest absolute Gasteiger partial charge is 0.469 e. The van der Waals surface area contributed by atoms with Crippen molar-refractivity contribution in [1.29, 1.82) is 0 Å². The smallest absolute Gasteiger partial charge is 0.305 e. The molecule has 1 atom stereocenters. The number of carbonyl (C=O) groups excluding carboxylic acids is 1. The van der Waals surface area contributed by atoms with Gasteiger partial charge in [-0.05, 0) is 30.9 Å². The molecular formula is C20H24N2O4. The van der Waals surface area contributed by atoms with Crippen LogP contribution in [-0.4, -0.2) is 24.0 Å². The van der Waals surface area contributed by atoms with E-state index in [1.807, 2.05) is 36.4 Å². The van der Waals surface area contributed by atoms with Crippen LogP contribution in [0, 0.1) is 17.0 Å². The Balaban J connectivity index is 2.04. The van der Waals surface area contributed by atoms with Gasteiger partial charge in [-0.3, -0.25) is 14.9 Å². The molecule has 0 bridgehead atoms. The fourth-order valence-corrected chi connectivity index (χ4v) is 2.79. The van der Waals surface area contributed by atoms with Crippen LogP contribution in [0.25, 0.3) is 0 Å². The maximum absolute atomic E-state index is 11.5. The Morgan fingerprint density at radius 1 is 1.19 bits per heavy atom. The van der Waals surface area contributed by atoms with Crippen molar-refractivity contribution >= 4 is 11.7 Å². The minimum Gasteiger partial charge on any atom is -0.469 e. The molecule has 0 radical (unpaired) electrons. The van der Waals surface area contributed by atoms with Crippen molar-refractivity contribution in [3.8, 4) is 0 Å². The van der Waals surface area contributed by atoms with Crippen molar-refractivity contribution in [2.75, 3.05) is 7.11 Å². The highest BCUT2D eigenvalue weighted by Crippen LogP contribution is 2.19. The highest BCUT2D eigenvalue weighted by atomic mass is 16.6. The van der Waals surface area contributed by atoms with Gasteiger partial charge in [-0.2, -0.15) is 0 Å². The number of nitro benzene ring substituents is 1. The number of hydrogen-bond donors (Lipinski definition) is 1. The summed E-state index contributed by atoms with van der Waals surface area (Å²) in [6.45, 7) is 2.23. The molecule has 0 aliphatic rings. The number of benzene rings is 2. The van der Waals surface area contributed by atoms with Gasteiger partial charge >= 0.3 is 5.97 Å². The lowest BCUT2D eigenvalue weighted by Crippen LogP contribution is -2.31. The molecule has 0 saturated heterocycles. The van der Waals surface area contributed by atoms with Gasteiger partial charge in [-0.1, -0.05) is 42.5 Å². The summed E-state index contributed by atoms with van der Waals surface area (Å²) in [5, 5.41) is 14.5. The summed E-state index contributed by atoms with van der Waals surface area (Å²) in [5.74, 6) is -0.240. The topological polar surface area (TPSA) is 81.5 Å². The molecule has 138 valence electrons. The third-order valence-corrected chi connectivity index (χ3v) is 4.31. The third kappa shape index (κ3) is 5.97. The monoisotopic (exact) mass is 356 g/mol. The second-order valence-corrected chi connectivity index (χ2v) is 6.26. The van der Waals surface area contributed by atoms with E-state index in [0.29, 0.717) is 24.9 Å². The van der Waals surface area contributed by atoms with Gasteiger partial charge in [0, 0.05) is 30.6 Å². The number of nitrogens with zero attached hydrogens (tertiary/aromatic N) is 1. The van der Waals surface area contributed by atoms with Crippen molar-refractivity contribution < 1.29 is 14.5 Å². The second kappa shape index (κ2) is 9.68. The van der Waals surface area contributed by atoms with E-state index < -0.39 is 0 Å². The molecule has 1 unspecified atom stereocenters. The van der Waals surface area contributed by atoms with Gasteiger partial charge in [0.15, 0.2) is 0 Å². The van der Waals surface area contributed by atoms with E-state index in [1.165, 1.54) is 12.7 Å². The van der Waals surface area contributed by atoms with Crippen LogP contribution in [0.3, 0.4) is 0 Å². The molecule has 1 N–H and O–H groups in total. The zero-order chi connectivity index (χ0) is 18.9. The first-order valence-electron chi connectivity index (χ1n) is 8.57. The predicted octanol–water partition coefficient (Wildman–Crippen LogP) is 3.56. The normalized spacial score (nSPS) is 11.8. The molecule has 2 aromatic carbocycles. The highest BCUT2D eigenvalue weighted by Gasteiger charge is 2.14. The minimum absolute atomic E-state index is 0.0665. The number of hydrogen-bond acceptors (Lipinski definition) is 5. The quantitative estimate of drug-likeness (QED) is 0.422. The molecule has 0 saturated carbocycles. The fourth-order valence-electron chi connectivity index (χ4n) is 2.79. The van der Waals surface area contributed by atoms with Gasteiger partial charge < -0.3 is 10.1 Å². The Labute approximate surface area is 153 Å². The number of ether oxygens (including phenoxy) is 1. The molecule has 0 heterocycles. The van der Waals surface area contributed by atoms with E-state index in [4.69, 9.17) is 4.74 Å². The second-order valence-electron chi connectivity index (χ2n) is 6.26.